The number of hydrogen-bond donors (Lipinski definition) is 1. The number of thiazole rings is 1. The second kappa shape index (κ2) is 5.10. The molecular formula is C12H14N4O2S. The highest BCUT2D eigenvalue weighted by Gasteiger charge is 2.31. The molecule has 3 heterocycles. The summed E-state index contributed by atoms with van der Waals surface area (Å²) in [5.74, 6) is 0.00444. The molecule has 0 radical (unpaired) electrons. The molecule has 1 aliphatic heterocycles. The largest absolute Gasteiger partial charge is 0.377 e. The molecule has 0 saturated carbocycles. The highest BCUT2D eigenvalue weighted by Crippen LogP contribution is 2.27. The molecule has 0 aromatic carbocycles. The average Bonchev–Trinajstić information content (AvgIpc) is 3.09. The van der Waals surface area contributed by atoms with E-state index in [1.165, 1.54) is 11.3 Å². The Labute approximate surface area is 114 Å². The lowest BCUT2D eigenvalue weighted by atomic mass is 10.1. The lowest BCUT2D eigenvalue weighted by Crippen LogP contribution is -2.43. The minimum atomic E-state index is -0.106. The van der Waals surface area contributed by atoms with Crippen LogP contribution < -0.4 is 0 Å². The maximum Gasteiger partial charge on any atom is 0.266 e. The number of ether oxygens (including phenoxy) is 1. The third kappa shape index (κ3) is 2.26. The number of nitrogens with zero attached hydrogens (tertiary/aromatic N) is 3. The number of morpholine rings is 1. The molecule has 6 nitrogen and oxygen atoms in total. The van der Waals surface area contributed by atoms with Crippen molar-refractivity contribution < 1.29 is 9.53 Å². The van der Waals surface area contributed by atoms with Crippen molar-refractivity contribution in [1.82, 2.24) is 20.1 Å². The second-order valence-corrected chi connectivity index (χ2v) is 5.31. The van der Waals surface area contributed by atoms with E-state index in [4.69, 9.17) is 4.74 Å². The minimum Gasteiger partial charge on any atom is -0.377 e. The van der Waals surface area contributed by atoms with Crippen LogP contribution in [0, 0.1) is 6.92 Å². The number of hydrogen-bond acceptors (Lipinski definition) is 5. The maximum atomic E-state index is 12.5. The molecule has 0 spiro atoms. The highest BCUT2D eigenvalue weighted by atomic mass is 32.1. The Morgan fingerprint density at radius 3 is 3.16 bits per heavy atom. The van der Waals surface area contributed by atoms with Gasteiger partial charge in [0.05, 0.1) is 42.9 Å². The summed E-state index contributed by atoms with van der Waals surface area (Å²) >= 11 is 1.36. The van der Waals surface area contributed by atoms with Crippen molar-refractivity contribution in [3.8, 4) is 0 Å². The summed E-state index contributed by atoms with van der Waals surface area (Å²) < 4.78 is 5.50. The molecule has 0 bridgehead atoms. The first kappa shape index (κ1) is 12.3. The first-order valence-corrected chi connectivity index (χ1v) is 6.92. The van der Waals surface area contributed by atoms with E-state index in [1.54, 1.807) is 17.9 Å². The minimum absolute atomic E-state index is 0.00444. The monoisotopic (exact) mass is 278 g/mol. The molecule has 19 heavy (non-hydrogen) atoms. The molecule has 1 unspecified atom stereocenters. The van der Waals surface area contributed by atoms with Crippen LogP contribution in [-0.4, -0.2) is 45.7 Å². The maximum absolute atomic E-state index is 12.5. The van der Waals surface area contributed by atoms with Crippen LogP contribution >= 0.6 is 11.3 Å². The summed E-state index contributed by atoms with van der Waals surface area (Å²) in [6.07, 6.45) is 3.37. The van der Waals surface area contributed by atoms with E-state index < -0.39 is 0 Å². The number of aromatic amines is 1. The van der Waals surface area contributed by atoms with Gasteiger partial charge in [0.25, 0.3) is 5.91 Å². The third-order valence-electron chi connectivity index (χ3n) is 3.23. The molecule has 1 aliphatic rings. The van der Waals surface area contributed by atoms with E-state index in [0.717, 1.165) is 11.3 Å². The summed E-state index contributed by atoms with van der Waals surface area (Å²) in [6.45, 7) is 3.62. The van der Waals surface area contributed by atoms with E-state index in [1.807, 2.05) is 11.8 Å². The first-order chi connectivity index (χ1) is 9.27. The number of amides is 1. The van der Waals surface area contributed by atoms with Crippen molar-refractivity contribution in [1.29, 1.82) is 0 Å². The Morgan fingerprint density at radius 1 is 1.58 bits per heavy atom. The van der Waals surface area contributed by atoms with Gasteiger partial charge in [0, 0.05) is 6.54 Å². The fourth-order valence-corrected chi connectivity index (χ4v) is 2.82. The molecular weight excluding hydrogens is 264 g/mol. The predicted octanol–water partition coefficient (Wildman–Crippen LogP) is 1.39. The van der Waals surface area contributed by atoms with E-state index in [9.17, 15) is 4.79 Å². The molecule has 1 saturated heterocycles. The number of H-pyrrole nitrogens is 1. The van der Waals surface area contributed by atoms with Crippen molar-refractivity contribution in [3.63, 3.8) is 0 Å². The molecule has 3 rings (SSSR count). The number of aromatic nitrogens is 3. The van der Waals surface area contributed by atoms with Crippen LogP contribution in [-0.2, 0) is 4.74 Å². The zero-order valence-corrected chi connectivity index (χ0v) is 11.3. The third-order valence-corrected chi connectivity index (χ3v) is 3.99. The van der Waals surface area contributed by atoms with E-state index >= 15 is 0 Å². The van der Waals surface area contributed by atoms with Crippen molar-refractivity contribution in [2.45, 2.75) is 13.0 Å². The van der Waals surface area contributed by atoms with Crippen molar-refractivity contribution in [2.75, 3.05) is 19.8 Å². The van der Waals surface area contributed by atoms with E-state index in [-0.39, 0.29) is 11.9 Å². The second-order valence-electron chi connectivity index (χ2n) is 4.42. The number of aryl methyl sites for hydroxylation is 1. The molecule has 0 aliphatic carbocycles. The van der Waals surface area contributed by atoms with Gasteiger partial charge in [-0.15, -0.1) is 11.3 Å². The zero-order chi connectivity index (χ0) is 13.2. The number of carbonyl (C=O) groups excluding carboxylic acids is 1. The number of carbonyl (C=O) groups is 1. The molecule has 1 amide bonds. The smallest absolute Gasteiger partial charge is 0.266 e. The highest BCUT2D eigenvalue weighted by molar-refractivity contribution is 7.11. The van der Waals surface area contributed by atoms with Gasteiger partial charge in [0.1, 0.15) is 4.88 Å². The fourth-order valence-electron chi connectivity index (χ4n) is 2.24. The molecule has 100 valence electrons. The normalized spacial score (nSPS) is 19.6. The van der Waals surface area contributed by atoms with Gasteiger partial charge in [-0.1, -0.05) is 0 Å². The SMILES string of the molecule is Cc1cn[nH]c1C1COCCN1C(=O)c1cncs1. The predicted molar refractivity (Wildman–Crippen MR) is 70.0 cm³/mol. The van der Waals surface area contributed by atoms with Gasteiger partial charge in [-0.3, -0.25) is 14.9 Å². The van der Waals surface area contributed by atoms with Crippen LogP contribution in [0.5, 0.6) is 0 Å². The summed E-state index contributed by atoms with van der Waals surface area (Å²) in [7, 11) is 0. The number of nitrogens with one attached hydrogen (secondary N) is 1. The van der Waals surface area contributed by atoms with Crippen LogP contribution in [0.1, 0.15) is 27.0 Å². The quantitative estimate of drug-likeness (QED) is 0.901. The summed E-state index contributed by atoms with van der Waals surface area (Å²) in [5, 5.41) is 6.99. The Kier molecular flexibility index (Phi) is 3.31. The van der Waals surface area contributed by atoms with Crippen LogP contribution in [0.2, 0.25) is 0 Å². The lowest BCUT2D eigenvalue weighted by molar-refractivity contribution is -0.00382. The topological polar surface area (TPSA) is 71.1 Å². The summed E-state index contributed by atoms with van der Waals surface area (Å²) in [5.41, 5.74) is 3.65. The van der Waals surface area contributed by atoms with Crippen molar-refractivity contribution >= 4 is 17.2 Å². The lowest BCUT2D eigenvalue weighted by Gasteiger charge is -2.35. The van der Waals surface area contributed by atoms with Gasteiger partial charge < -0.3 is 9.64 Å². The molecule has 2 aromatic rings. The molecule has 2 aromatic heterocycles. The summed E-state index contributed by atoms with van der Waals surface area (Å²) in [4.78, 5) is 18.9. The Hall–Kier alpha value is -1.73. The van der Waals surface area contributed by atoms with Gasteiger partial charge in [0.15, 0.2) is 0 Å². The van der Waals surface area contributed by atoms with Crippen LogP contribution in [0.3, 0.4) is 0 Å². The van der Waals surface area contributed by atoms with E-state index in [2.05, 4.69) is 15.2 Å². The number of rotatable bonds is 2. The first-order valence-electron chi connectivity index (χ1n) is 6.04. The van der Waals surface area contributed by atoms with Gasteiger partial charge in [-0.05, 0) is 12.5 Å². The molecule has 1 atom stereocenters. The molecule has 7 heteroatoms. The summed E-state index contributed by atoms with van der Waals surface area (Å²) in [6, 6.07) is -0.106. The van der Waals surface area contributed by atoms with Gasteiger partial charge in [-0.2, -0.15) is 5.10 Å². The van der Waals surface area contributed by atoms with Crippen LogP contribution in [0.15, 0.2) is 17.9 Å². The van der Waals surface area contributed by atoms with Crippen LogP contribution in [0.25, 0.3) is 0 Å². The Balaban J connectivity index is 1.90. The van der Waals surface area contributed by atoms with Gasteiger partial charge in [-0.25, -0.2) is 0 Å². The zero-order valence-electron chi connectivity index (χ0n) is 10.5. The molecule has 1 fully saturated rings. The molecule has 1 N–H and O–H groups in total. The van der Waals surface area contributed by atoms with Crippen molar-refractivity contribution in [2.24, 2.45) is 0 Å². The standard InChI is InChI=1S/C12H14N4O2S/c1-8-4-14-15-11(8)9-6-18-3-2-16(9)12(17)10-5-13-7-19-10/h4-5,7,9H,2-3,6H2,1H3,(H,14,15). The van der Waals surface area contributed by atoms with E-state index in [0.29, 0.717) is 24.6 Å². The van der Waals surface area contributed by atoms with Gasteiger partial charge >= 0.3 is 0 Å². The Morgan fingerprint density at radius 2 is 2.47 bits per heavy atom. The van der Waals surface area contributed by atoms with Crippen molar-refractivity contribution in [3.05, 3.63) is 34.0 Å². The fraction of sp³-hybridized carbons (Fsp3) is 0.417. The van der Waals surface area contributed by atoms with Crippen LogP contribution in [0.4, 0.5) is 0 Å². The van der Waals surface area contributed by atoms with Gasteiger partial charge in [0.2, 0.25) is 0 Å². The average molecular weight is 278 g/mol. The Bertz CT molecular complexity index is 566.